The van der Waals surface area contributed by atoms with Crippen molar-refractivity contribution in [2.75, 3.05) is 42.3 Å². The molecule has 144 valence electrons. The highest BCUT2D eigenvalue weighted by molar-refractivity contribution is 5.94. The Morgan fingerprint density at radius 2 is 1.67 bits per heavy atom. The molecule has 0 radical (unpaired) electrons. The second-order valence-corrected chi connectivity index (χ2v) is 5.73. The predicted octanol–water partition coefficient (Wildman–Crippen LogP) is 3.11. The Bertz CT molecular complexity index is 747. The van der Waals surface area contributed by atoms with Crippen molar-refractivity contribution in [3.05, 3.63) is 48.5 Å². The standard InChI is InChI=1S/C20H25N3O4/c1-3-26-11-12-27-19-6-4-5-18(13-19)23-20(25)14-21-16-7-9-17(10-8-16)22-15(2)24/h4-10,13,21H,3,11-12,14H2,1-2H3,(H,22,24)(H,23,25). The molecular formula is C20H25N3O4. The number of ether oxygens (including phenoxy) is 2. The van der Waals surface area contributed by atoms with Gasteiger partial charge in [0.25, 0.3) is 0 Å². The number of benzene rings is 2. The van der Waals surface area contributed by atoms with Crippen LogP contribution in [0.15, 0.2) is 48.5 Å². The van der Waals surface area contributed by atoms with Crippen molar-refractivity contribution >= 4 is 28.9 Å². The second-order valence-electron chi connectivity index (χ2n) is 5.73. The number of hydrogen-bond acceptors (Lipinski definition) is 5. The van der Waals surface area contributed by atoms with Crippen LogP contribution in [0.2, 0.25) is 0 Å². The highest BCUT2D eigenvalue weighted by Crippen LogP contribution is 2.17. The van der Waals surface area contributed by atoms with Crippen molar-refractivity contribution in [1.82, 2.24) is 0 Å². The molecule has 2 amide bonds. The summed E-state index contributed by atoms with van der Waals surface area (Å²) in [6, 6.07) is 14.4. The van der Waals surface area contributed by atoms with Crippen LogP contribution in [0.4, 0.5) is 17.1 Å². The lowest BCUT2D eigenvalue weighted by Crippen LogP contribution is -2.21. The van der Waals surface area contributed by atoms with Gasteiger partial charge in [0, 0.05) is 36.7 Å². The van der Waals surface area contributed by atoms with Crippen molar-refractivity contribution in [3.8, 4) is 5.75 Å². The fourth-order valence-electron chi connectivity index (χ4n) is 2.29. The number of nitrogens with one attached hydrogen (secondary N) is 3. The Kier molecular flexibility index (Phi) is 8.12. The topological polar surface area (TPSA) is 88.7 Å². The molecule has 2 aromatic carbocycles. The number of carbonyl (C=O) groups is 2. The molecule has 0 saturated heterocycles. The fourth-order valence-corrected chi connectivity index (χ4v) is 2.29. The van der Waals surface area contributed by atoms with Crippen molar-refractivity contribution in [2.24, 2.45) is 0 Å². The summed E-state index contributed by atoms with van der Waals surface area (Å²) >= 11 is 0. The Hall–Kier alpha value is -3.06. The van der Waals surface area contributed by atoms with Crippen molar-refractivity contribution in [2.45, 2.75) is 13.8 Å². The summed E-state index contributed by atoms with van der Waals surface area (Å²) in [5.74, 6) is 0.376. The molecule has 0 aliphatic carbocycles. The van der Waals surface area contributed by atoms with Gasteiger partial charge in [-0.2, -0.15) is 0 Å². The van der Waals surface area contributed by atoms with E-state index in [-0.39, 0.29) is 18.4 Å². The van der Waals surface area contributed by atoms with Crippen LogP contribution in [0.25, 0.3) is 0 Å². The van der Waals surface area contributed by atoms with E-state index in [1.807, 2.05) is 19.1 Å². The number of rotatable bonds is 10. The van der Waals surface area contributed by atoms with Crippen LogP contribution in [0.5, 0.6) is 5.75 Å². The van der Waals surface area contributed by atoms with Gasteiger partial charge in [0.05, 0.1) is 13.2 Å². The van der Waals surface area contributed by atoms with Gasteiger partial charge in [-0.3, -0.25) is 9.59 Å². The average molecular weight is 371 g/mol. The third kappa shape index (κ3) is 7.79. The molecule has 0 aliphatic heterocycles. The number of amides is 2. The third-order valence-corrected chi connectivity index (χ3v) is 3.48. The molecule has 0 saturated carbocycles. The molecule has 2 aromatic rings. The first-order valence-corrected chi connectivity index (χ1v) is 8.79. The van der Waals surface area contributed by atoms with Gasteiger partial charge >= 0.3 is 0 Å². The van der Waals surface area contributed by atoms with Crippen LogP contribution in [0.3, 0.4) is 0 Å². The molecular weight excluding hydrogens is 346 g/mol. The fraction of sp³-hybridized carbons (Fsp3) is 0.300. The van der Waals surface area contributed by atoms with Crippen LogP contribution in [0, 0.1) is 0 Å². The highest BCUT2D eigenvalue weighted by atomic mass is 16.5. The zero-order valence-electron chi connectivity index (χ0n) is 15.6. The Morgan fingerprint density at radius 3 is 2.37 bits per heavy atom. The largest absolute Gasteiger partial charge is 0.491 e. The van der Waals surface area contributed by atoms with E-state index >= 15 is 0 Å². The van der Waals surface area contributed by atoms with Gasteiger partial charge < -0.3 is 25.4 Å². The summed E-state index contributed by atoms with van der Waals surface area (Å²) in [5.41, 5.74) is 2.16. The maximum atomic E-state index is 12.1. The predicted molar refractivity (Wildman–Crippen MR) is 106 cm³/mol. The van der Waals surface area contributed by atoms with Gasteiger partial charge in [-0.15, -0.1) is 0 Å². The SMILES string of the molecule is CCOCCOc1cccc(NC(=O)CNc2ccc(NC(C)=O)cc2)c1. The lowest BCUT2D eigenvalue weighted by molar-refractivity contribution is -0.115. The molecule has 7 heteroatoms. The normalized spacial score (nSPS) is 10.1. The third-order valence-electron chi connectivity index (χ3n) is 3.48. The molecule has 0 spiro atoms. The zero-order valence-corrected chi connectivity index (χ0v) is 15.6. The molecule has 0 atom stereocenters. The molecule has 2 rings (SSSR count). The molecule has 0 bridgehead atoms. The van der Waals surface area contributed by atoms with Crippen molar-refractivity contribution < 1.29 is 19.1 Å². The van der Waals surface area contributed by atoms with E-state index in [1.54, 1.807) is 36.4 Å². The van der Waals surface area contributed by atoms with E-state index in [4.69, 9.17) is 9.47 Å². The maximum absolute atomic E-state index is 12.1. The van der Waals surface area contributed by atoms with E-state index < -0.39 is 0 Å². The minimum atomic E-state index is -0.174. The monoisotopic (exact) mass is 371 g/mol. The van der Waals surface area contributed by atoms with E-state index in [2.05, 4.69) is 16.0 Å². The minimum absolute atomic E-state index is 0.120. The van der Waals surface area contributed by atoms with E-state index in [0.29, 0.717) is 36.9 Å². The molecule has 7 nitrogen and oxygen atoms in total. The number of carbonyl (C=O) groups excluding carboxylic acids is 2. The molecule has 0 unspecified atom stereocenters. The van der Waals surface area contributed by atoms with Gasteiger partial charge in [0.15, 0.2) is 0 Å². The van der Waals surface area contributed by atoms with E-state index in [0.717, 1.165) is 5.69 Å². The molecule has 3 N–H and O–H groups in total. The van der Waals surface area contributed by atoms with Gasteiger partial charge in [-0.05, 0) is 43.3 Å². The lowest BCUT2D eigenvalue weighted by atomic mass is 10.2. The summed E-state index contributed by atoms with van der Waals surface area (Å²) in [6.45, 7) is 5.15. The van der Waals surface area contributed by atoms with Crippen LogP contribution < -0.4 is 20.7 Å². The van der Waals surface area contributed by atoms with Crippen molar-refractivity contribution in [1.29, 1.82) is 0 Å². The Labute approximate surface area is 159 Å². The van der Waals surface area contributed by atoms with Gasteiger partial charge in [0.1, 0.15) is 12.4 Å². The Balaban J connectivity index is 1.79. The van der Waals surface area contributed by atoms with Crippen molar-refractivity contribution in [3.63, 3.8) is 0 Å². The summed E-state index contributed by atoms with van der Waals surface area (Å²) < 4.78 is 10.8. The highest BCUT2D eigenvalue weighted by Gasteiger charge is 2.04. The van der Waals surface area contributed by atoms with Gasteiger partial charge in [-0.25, -0.2) is 0 Å². The second kappa shape index (κ2) is 10.8. The zero-order chi connectivity index (χ0) is 19.5. The maximum Gasteiger partial charge on any atom is 0.243 e. The summed E-state index contributed by atoms with van der Waals surface area (Å²) in [7, 11) is 0. The first-order chi connectivity index (χ1) is 13.1. The molecule has 0 aliphatic rings. The quantitative estimate of drug-likeness (QED) is 0.559. The molecule has 0 aromatic heterocycles. The van der Waals surface area contributed by atoms with Crippen LogP contribution in [-0.2, 0) is 14.3 Å². The molecule has 0 heterocycles. The summed E-state index contributed by atoms with van der Waals surface area (Å²) in [4.78, 5) is 23.1. The van der Waals surface area contributed by atoms with E-state index in [9.17, 15) is 9.59 Å². The van der Waals surface area contributed by atoms with Crippen LogP contribution in [-0.4, -0.2) is 38.2 Å². The smallest absolute Gasteiger partial charge is 0.243 e. The summed E-state index contributed by atoms with van der Waals surface area (Å²) in [5, 5.41) is 8.55. The summed E-state index contributed by atoms with van der Waals surface area (Å²) in [6.07, 6.45) is 0. The van der Waals surface area contributed by atoms with Crippen LogP contribution in [0.1, 0.15) is 13.8 Å². The molecule has 0 fully saturated rings. The van der Waals surface area contributed by atoms with Gasteiger partial charge in [-0.1, -0.05) is 6.07 Å². The first-order valence-electron chi connectivity index (χ1n) is 8.79. The first kappa shape index (κ1) is 20.3. The van der Waals surface area contributed by atoms with E-state index in [1.165, 1.54) is 6.92 Å². The lowest BCUT2D eigenvalue weighted by Gasteiger charge is -2.10. The minimum Gasteiger partial charge on any atom is -0.491 e. The number of anilines is 3. The Morgan fingerprint density at radius 1 is 0.926 bits per heavy atom. The molecule has 27 heavy (non-hydrogen) atoms. The average Bonchev–Trinajstić information content (AvgIpc) is 2.65. The number of hydrogen-bond donors (Lipinski definition) is 3. The van der Waals surface area contributed by atoms with Crippen LogP contribution >= 0.6 is 0 Å². The van der Waals surface area contributed by atoms with Gasteiger partial charge in [0.2, 0.25) is 11.8 Å².